The Kier molecular flexibility index (Phi) is 4.98. The van der Waals surface area contributed by atoms with Gasteiger partial charge >= 0.3 is 0 Å². The van der Waals surface area contributed by atoms with E-state index in [-0.39, 0.29) is 24.1 Å². The summed E-state index contributed by atoms with van der Waals surface area (Å²) in [7, 11) is 0. The van der Waals surface area contributed by atoms with Gasteiger partial charge < -0.3 is 14.9 Å². The fourth-order valence-corrected chi connectivity index (χ4v) is 1.62. The van der Waals surface area contributed by atoms with Crippen molar-refractivity contribution in [2.75, 3.05) is 6.54 Å². The summed E-state index contributed by atoms with van der Waals surface area (Å²) < 4.78 is 4.56. The Labute approximate surface area is 94.8 Å². The summed E-state index contributed by atoms with van der Waals surface area (Å²) in [6.07, 6.45) is 2.63. The molecule has 0 radical (unpaired) electrons. The highest BCUT2D eigenvalue weighted by Crippen LogP contribution is 2.12. The molecule has 0 bridgehead atoms. The van der Waals surface area contributed by atoms with Crippen LogP contribution in [0.4, 0.5) is 0 Å². The van der Waals surface area contributed by atoms with Crippen molar-refractivity contribution in [1.82, 2.24) is 10.5 Å². The molecule has 0 spiro atoms. The fourth-order valence-electron chi connectivity index (χ4n) is 1.62. The largest absolute Gasteiger partial charge is 0.391 e. The molecule has 0 aromatic carbocycles. The Morgan fingerprint density at radius 1 is 1.56 bits per heavy atom. The predicted molar refractivity (Wildman–Crippen MR) is 58.9 cm³/mol. The molecule has 1 aromatic rings. The minimum absolute atomic E-state index is 0.220. The second kappa shape index (κ2) is 6.27. The van der Waals surface area contributed by atoms with Gasteiger partial charge in [-0.15, -0.1) is 0 Å². The first-order valence-electron chi connectivity index (χ1n) is 5.55. The molecule has 5 nitrogen and oxygen atoms in total. The summed E-state index contributed by atoms with van der Waals surface area (Å²) >= 11 is 0. The van der Waals surface area contributed by atoms with Gasteiger partial charge in [-0.2, -0.15) is 0 Å². The highest BCUT2D eigenvalue weighted by molar-refractivity contribution is 5.91. The van der Waals surface area contributed by atoms with E-state index in [1.807, 2.05) is 13.8 Å². The number of aliphatic hydroxyl groups is 1. The van der Waals surface area contributed by atoms with Gasteiger partial charge in [0.2, 0.25) is 0 Å². The molecule has 0 aliphatic carbocycles. The van der Waals surface area contributed by atoms with Crippen LogP contribution in [0.25, 0.3) is 0 Å². The van der Waals surface area contributed by atoms with E-state index in [0.29, 0.717) is 0 Å². The van der Waals surface area contributed by atoms with Gasteiger partial charge in [0, 0.05) is 12.6 Å². The van der Waals surface area contributed by atoms with Crippen LogP contribution in [0.1, 0.15) is 37.2 Å². The maximum absolute atomic E-state index is 11.5. The SMILES string of the molecule is CCC(CC)C(O)CNC(=O)c1ccon1. The molecular weight excluding hydrogens is 208 g/mol. The van der Waals surface area contributed by atoms with Crippen LogP contribution in [0, 0.1) is 5.92 Å². The second-order valence-corrected chi connectivity index (χ2v) is 3.74. The molecule has 1 aromatic heterocycles. The minimum atomic E-state index is -0.508. The first-order chi connectivity index (χ1) is 7.69. The molecule has 1 amide bonds. The number of aliphatic hydroxyl groups excluding tert-OH is 1. The molecule has 16 heavy (non-hydrogen) atoms. The van der Waals surface area contributed by atoms with E-state index in [0.717, 1.165) is 12.8 Å². The van der Waals surface area contributed by atoms with E-state index in [4.69, 9.17) is 0 Å². The lowest BCUT2D eigenvalue weighted by molar-refractivity contribution is 0.0810. The number of hydrogen-bond acceptors (Lipinski definition) is 4. The average molecular weight is 226 g/mol. The summed E-state index contributed by atoms with van der Waals surface area (Å²) in [4.78, 5) is 11.5. The zero-order chi connectivity index (χ0) is 12.0. The molecule has 0 aliphatic rings. The summed E-state index contributed by atoms with van der Waals surface area (Å²) in [5, 5.41) is 15.9. The predicted octanol–water partition coefficient (Wildman–Crippen LogP) is 1.20. The van der Waals surface area contributed by atoms with E-state index >= 15 is 0 Å². The van der Waals surface area contributed by atoms with Crippen molar-refractivity contribution in [3.05, 3.63) is 18.0 Å². The van der Waals surface area contributed by atoms with Crippen molar-refractivity contribution in [2.24, 2.45) is 5.92 Å². The van der Waals surface area contributed by atoms with Gasteiger partial charge in [-0.3, -0.25) is 4.79 Å². The van der Waals surface area contributed by atoms with Gasteiger partial charge in [0.15, 0.2) is 5.69 Å². The third kappa shape index (κ3) is 3.34. The quantitative estimate of drug-likeness (QED) is 0.764. The van der Waals surface area contributed by atoms with Crippen molar-refractivity contribution in [3.8, 4) is 0 Å². The van der Waals surface area contributed by atoms with Crippen LogP contribution in [-0.4, -0.2) is 28.8 Å². The number of amides is 1. The summed E-state index contributed by atoms with van der Waals surface area (Å²) in [5.41, 5.74) is 0.233. The monoisotopic (exact) mass is 226 g/mol. The maximum Gasteiger partial charge on any atom is 0.273 e. The maximum atomic E-state index is 11.5. The van der Waals surface area contributed by atoms with Crippen molar-refractivity contribution >= 4 is 5.91 Å². The number of hydrogen-bond donors (Lipinski definition) is 2. The zero-order valence-corrected chi connectivity index (χ0v) is 9.64. The molecule has 1 atom stereocenters. The number of carbonyl (C=O) groups is 1. The third-order valence-corrected chi connectivity index (χ3v) is 2.74. The summed E-state index contributed by atoms with van der Waals surface area (Å²) in [6.45, 7) is 4.30. The summed E-state index contributed by atoms with van der Waals surface area (Å²) in [6, 6.07) is 1.48. The number of nitrogens with zero attached hydrogens (tertiary/aromatic N) is 1. The van der Waals surface area contributed by atoms with Gasteiger partial charge in [-0.05, 0) is 5.92 Å². The summed E-state index contributed by atoms with van der Waals surface area (Å²) in [5.74, 6) is -0.101. The van der Waals surface area contributed by atoms with Crippen LogP contribution in [0.15, 0.2) is 16.9 Å². The van der Waals surface area contributed by atoms with E-state index < -0.39 is 6.10 Å². The van der Waals surface area contributed by atoms with Crippen molar-refractivity contribution in [2.45, 2.75) is 32.8 Å². The van der Waals surface area contributed by atoms with Gasteiger partial charge in [-0.25, -0.2) is 0 Å². The minimum Gasteiger partial charge on any atom is -0.391 e. The number of carbonyl (C=O) groups excluding carboxylic acids is 1. The van der Waals surface area contributed by atoms with Crippen LogP contribution >= 0.6 is 0 Å². The second-order valence-electron chi connectivity index (χ2n) is 3.74. The Balaban J connectivity index is 2.37. The Morgan fingerprint density at radius 2 is 2.25 bits per heavy atom. The average Bonchev–Trinajstić information content (AvgIpc) is 2.81. The van der Waals surface area contributed by atoms with Crippen LogP contribution in [0.3, 0.4) is 0 Å². The Morgan fingerprint density at radius 3 is 2.75 bits per heavy atom. The lowest BCUT2D eigenvalue weighted by Crippen LogP contribution is -2.36. The van der Waals surface area contributed by atoms with Crippen LogP contribution in [-0.2, 0) is 0 Å². The molecule has 2 N–H and O–H groups in total. The van der Waals surface area contributed by atoms with Gasteiger partial charge in [0.1, 0.15) is 6.26 Å². The molecule has 1 heterocycles. The van der Waals surface area contributed by atoms with E-state index in [2.05, 4.69) is 15.0 Å². The molecule has 0 fully saturated rings. The molecular formula is C11H18N2O3. The van der Waals surface area contributed by atoms with Crippen LogP contribution in [0.2, 0.25) is 0 Å². The topological polar surface area (TPSA) is 75.4 Å². The highest BCUT2D eigenvalue weighted by Gasteiger charge is 2.17. The third-order valence-electron chi connectivity index (χ3n) is 2.74. The molecule has 0 aliphatic heterocycles. The molecule has 90 valence electrons. The van der Waals surface area contributed by atoms with E-state index in [1.54, 1.807) is 0 Å². The lowest BCUT2D eigenvalue weighted by atomic mass is 9.96. The first kappa shape index (κ1) is 12.7. The van der Waals surface area contributed by atoms with Gasteiger partial charge in [-0.1, -0.05) is 31.8 Å². The molecule has 5 heteroatoms. The molecule has 1 unspecified atom stereocenters. The van der Waals surface area contributed by atoms with Crippen molar-refractivity contribution < 1.29 is 14.4 Å². The highest BCUT2D eigenvalue weighted by atomic mass is 16.5. The molecule has 0 saturated carbocycles. The van der Waals surface area contributed by atoms with E-state index in [9.17, 15) is 9.90 Å². The van der Waals surface area contributed by atoms with Gasteiger partial charge in [0.05, 0.1) is 6.10 Å². The van der Waals surface area contributed by atoms with Crippen LogP contribution in [0.5, 0.6) is 0 Å². The van der Waals surface area contributed by atoms with Crippen molar-refractivity contribution in [1.29, 1.82) is 0 Å². The fraction of sp³-hybridized carbons (Fsp3) is 0.636. The molecule has 1 rings (SSSR count). The normalized spacial score (nSPS) is 12.8. The lowest BCUT2D eigenvalue weighted by Gasteiger charge is -2.19. The van der Waals surface area contributed by atoms with E-state index in [1.165, 1.54) is 12.3 Å². The van der Waals surface area contributed by atoms with Gasteiger partial charge in [0.25, 0.3) is 5.91 Å². The van der Waals surface area contributed by atoms with Crippen LogP contribution < -0.4 is 5.32 Å². The Bertz CT molecular complexity index is 307. The number of nitrogens with one attached hydrogen (secondary N) is 1. The molecule has 0 saturated heterocycles. The zero-order valence-electron chi connectivity index (χ0n) is 9.64. The smallest absolute Gasteiger partial charge is 0.273 e. The van der Waals surface area contributed by atoms with Crippen molar-refractivity contribution in [3.63, 3.8) is 0 Å². The standard InChI is InChI=1S/C11H18N2O3/c1-3-8(4-2)10(14)7-12-11(15)9-5-6-16-13-9/h5-6,8,10,14H,3-4,7H2,1-2H3,(H,12,15). The first-order valence-corrected chi connectivity index (χ1v) is 5.55. The Hall–Kier alpha value is -1.36. The number of aromatic nitrogens is 1. The number of rotatable bonds is 6.